The van der Waals surface area contributed by atoms with Crippen molar-refractivity contribution in [3.05, 3.63) is 59.7 Å². The highest BCUT2D eigenvalue weighted by Gasteiger charge is 2.17. The van der Waals surface area contributed by atoms with Crippen LogP contribution in [0.3, 0.4) is 0 Å². The van der Waals surface area contributed by atoms with Crippen LogP contribution in [-0.4, -0.2) is 25.8 Å². The van der Waals surface area contributed by atoms with Crippen molar-refractivity contribution in [1.29, 1.82) is 0 Å². The fourth-order valence-electron chi connectivity index (χ4n) is 2.36. The first-order valence-electron chi connectivity index (χ1n) is 7.60. The highest BCUT2D eigenvalue weighted by molar-refractivity contribution is 7.99. The molecule has 0 aliphatic carbocycles. The number of benzene rings is 2. The van der Waals surface area contributed by atoms with Gasteiger partial charge in [0.25, 0.3) is 0 Å². The molecule has 0 amide bonds. The molecule has 0 radical (unpaired) electrons. The lowest BCUT2D eigenvalue weighted by molar-refractivity contribution is 0.0982. The molecule has 0 bridgehead atoms. The van der Waals surface area contributed by atoms with Gasteiger partial charge in [0.15, 0.2) is 5.78 Å². The topological polar surface area (TPSA) is 35.5 Å². The molecule has 3 nitrogen and oxygen atoms in total. The summed E-state index contributed by atoms with van der Waals surface area (Å²) in [6.45, 7) is 2.11. The summed E-state index contributed by atoms with van der Waals surface area (Å²) in [4.78, 5) is 12.5. The molecule has 0 aromatic heterocycles. The molecular weight excluding hydrogens is 308 g/mol. The monoisotopic (exact) mass is 330 g/mol. The van der Waals surface area contributed by atoms with E-state index < -0.39 is 0 Å². The molecule has 0 aliphatic heterocycles. The van der Waals surface area contributed by atoms with Crippen molar-refractivity contribution in [2.24, 2.45) is 0 Å². The van der Waals surface area contributed by atoms with E-state index in [0.29, 0.717) is 6.42 Å². The highest BCUT2D eigenvalue weighted by Crippen LogP contribution is 2.34. The van der Waals surface area contributed by atoms with E-state index in [4.69, 9.17) is 9.47 Å². The third-order valence-corrected chi connectivity index (χ3v) is 4.81. The van der Waals surface area contributed by atoms with Crippen LogP contribution in [0.15, 0.2) is 48.5 Å². The van der Waals surface area contributed by atoms with Gasteiger partial charge in [-0.2, -0.15) is 11.8 Å². The first-order chi connectivity index (χ1) is 11.2. The maximum atomic E-state index is 12.5. The van der Waals surface area contributed by atoms with E-state index in [2.05, 4.69) is 6.92 Å². The fourth-order valence-corrected chi connectivity index (χ4v) is 3.38. The van der Waals surface area contributed by atoms with Gasteiger partial charge in [-0.1, -0.05) is 19.1 Å². The minimum atomic E-state index is 0.148. The normalized spacial score (nSPS) is 11.8. The SMILES string of the molecule is CCSC(CC(=O)c1ccc(OC)cc1)c1ccc(OC)cc1. The van der Waals surface area contributed by atoms with E-state index in [1.165, 1.54) is 0 Å². The number of Topliss-reactive ketones (excluding diaryl/α,β-unsaturated/α-hetero) is 1. The summed E-state index contributed by atoms with van der Waals surface area (Å²) in [5.74, 6) is 2.70. The summed E-state index contributed by atoms with van der Waals surface area (Å²) in [6, 6.07) is 15.2. The van der Waals surface area contributed by atoms with E-state index in [9.17, 15) is 4.79 Å². The van der Waals surface area contributed by atoms with E-state index in [1.54, 1.807) is 26.0 Å². The average molecular weight is 330 g/mol. The number of ketones is 1. The molecule has 122 valence electrons. The van der Waals surface area contributed by atoms with E-state index >= 15 is 0 Å². The second-order valence-corrected chi connectivity index (χ2v) is 6.55. The smallest absolute Gasteiger partial charge is 0.164 e. The van der Waals surface area contributed by atoms with Gasteiger partial charge < -0.3 is 9.47 Å². The minimum Gasteiger partial charge on any atom is -0.497 e. The lowest BCUT2D eigenvalue weighted by atomic mass is 10.0. The van der Waals surface area contributed by atoms with Crippen LogP contribution in [0.5, 0.6) is 11.5 Å². The Kier molecular flexibility index (Phi) is 6.53. The summed E-state index contributed by atoms with van der Waals surface area (Å²) in [6.07, 6.45) is 0.483. The van der Waals surface area contributed by atoms with Crippen LogP contribution >= 0.6 is 11.8 Å². The van der Waals surface area contributed by atoms with Crippen LogP contribution in [0.2, 0.25) is 0 Å². The highest BCUT2D eigenvalue weighted by atomic mass is 32.2. The van der Waals surface area contributed by atoms with Crippen LogP contribution < -0.4 is 9.47 Å². The minimum absolute atomic E-state index is 0.148. The quantitative estimate of drug-likeness (QED) is 0.653. The summed E-state index contributed by atoms with van der Waals surface area (Å²) in [5.41, 5.74) is 1.88. The van der Waals surface area contributed by atoms with Crippen LogP contribution in [0.1, 0.15) is 34.5 Å². The van der Waals surface area contributed by atoms with Gasteiger partial charge in [-0.15, -0.1) is 0 Å². The number of carbonyl (C=O) groups excluding carboxylic acids is 1. The van der Waals surface area contributed by atoms with Crippen LogP contribution in [0, 0.1) is 0 Å². The maximum absolute atomic E-state index is 12.5. The van der Waals surface area contributed by atoms with Crippen molar-refractivity contribution in [3.63, 3.8) is 0 Å². The second-order valence-electron chi connectivity index (χ2n) is 5.07. The molecule has 2 rings (SSSR count). The van der Waals surface area contributed by atoms with Gasteiger partial charge in [0.1, 0.15) is 11.5 Å². The molecule has 0 spiro atoms. The Labute approximate surface area is 142 Å². The van der Waals surface area contributed by atoms with Crippen LogP contribution in [-0.2, 0) is 0 Å². The summed E-state index contributed by atoms with van der Waals surface area (Å²) in [7, 11) is 3.27. The zero-order valence-electron chi connectivity index (χ0n) is 13.7. The van der Waals surface area contributed by atoms with E-state index in [1.807, 2.05) is 48.5 Å². The van der Waals surface area contributed by atoms with Crippen LogP contribution in [0.25, 0.3) is 0 Å². The molecule has 0 saturated heterocycles. The van der Waals surface area contributed by atoms with Gasteiger partial charge in [-0.25, -0.2) is 0 Å². The standard InChI is InChI=1S/C19H22O3S/c1-4-23-19(15-7-11-17(22-3)12-8-15)13-18(20)14-5-9-16(21-2)10-6-14/h5-12,19H,4,13H2,1-3H3. The van der Waals surface area contributed by atoms with Gasteiger partial charge in [0.2, 0.25) is 0 Å². The van der Waals surface area contributed by atoms with Crippen molar-refractivity contribution in [1.82, 2.24) is 0 Å². The summed E-state index contributed by atoms with van der Waals surface area (Å²) >= 11 is 1.79. The Morgan fingerprint density at radius 3 is 1.96 bits per heavy atom. The molecule has 0 N–H and O–H groups in total. The predicted octanol–water partition coefficient (Wildman–Crippen LogP) is 4.77. The third-order valence-electron chi connectivity index (χ3n) is 3.64. The number of ether oxygens (including phenoxy) is 2. The molecule has 2 aromatic rings. The Morgan fingerprint density at radius 2 is 1.48 bits per heavy atom. The number of thioether (sulfide) groups is 1. The Balaban J connectivity index is 2.12. The van der Waals surface area contributed by atoms with Gasteiger partial charge >= 0.3 is 0 Å². The molecule has 2 aromatic carbocycles. The van der Waals surface area contributed by atoms with Crippen molar-refractivity contribution >= 4 is 17.5 Å². The van der Waals surface area contributed by atoms with Crippen molar-refractivity contribution in [2.45, 2.75) is 18.6 Å². The summed E-state index contributed by atoms with van der Waals surface area (Å²) < 4.78 is 10.3. The van der Waals surface area contributed by atoms with Crippen molar-refractivity contribution in [2.75, 3.05) is 20.0 Å². The van der Waals surface area contributed by atoms with Gasteiger partial charge in [0, 0.05) is 17.2 Å². The average Bonchev–Trinajstić information content (AvgIpc) is 2.61. The Hall–Kier alpha value is -1.94. The van der Waals surface area contributed by atoms with Gasteiger partial charge in [0.05, 0.1) is 14.2 Å². The molecule has 4 heteroatoms. The molecule has 1 atom stereocenters. The van der Waals surface area contributed by atoms with Gasteiger partial charge in [-0.05, 0) is 47.7 Å². The predicted molar refractivity (Wildman–Crippen MR) is 95.8 cm³/mol. The van der Waals surface area contributed by atoms with Crippen molar-refractivity contribution < 1.29 is 14.3 Å². The van der Waals surface area contributed by atoms with Gasteiger partial charge in [-0.3, -0.25) is 4.79 Å². The first kappa shape index (κ1) is 17.4. The number of rotatable bonds is 8. The second kappa shape index (κ2) is 8.63. The van der Waals surface area contributed by atoms with E-state index in [0.717, 1.165) is 28.4 Å². The molecular formula is C19H22O3S. The van der Waals surface area contributed by atoms with Crippen LogP contribution in [0.4, 0.5) is 0 Å². The number of methoxy groups -OCH3 is 2. The molecule has 0 aliphatic rings. The fraction of sp³-hybridized carbons (Fsp3) is 0.316. The molecule has 23 heavy (non-hydrogen) atoms. The largest absolute Gasteiger partial charge is 0.497 e. The Morgan fingerprint density at radius 1 is 0.957 bits per heavy atom. The van der Waals surface area contributed by atoms with E-state index in [-0.39, 0.29) is 11.0 Å². The zero-order chi connectivity index (χ0) is 16.7. The molecule has 0 fully saturated rings. The molecule has 0 heterocycles. The third kappa shape index (κ3) is 4.76. The lowest BCUT2D eigenvalue weighted by Gasteiger charge is -2.16. The molecule has 0 saturated carbocycles. The number of hydrogen-bond donors (Lipinski definition) is 0. The number of hydrogen-bond acceptors (Lipinski definition) is 4. The summed E-state index contributed by atoms with van der Waals surface area (Å²) in [5, 5.41) is 0.153. The maximum Gasteiger partial charge on any atom is 0.164 e. The zero-order valence-corrected chi connectivity index (χ0v) is 14.6. The van der Waals surface area contributed by atoms with Crippen molar-refractivity contribution in [3.8, 4) is 11.5 Å². The lowest BCUT2D eigenvalue weighted by Crippen LogP contribution is -2.06. The number of carbonyl (C=O) groups is 1. The first-order valence-corrected chi connectivity index (χ1v) is 8.65. The molecule has 1 unspecified atom stereocenters. The Bertz CT molecular complexity index is 620.